The van der Waals surface area contributed by atoms with E-state index in [1.807, 2.05) is 31.4 Å². The van der Waals surface area contributed by atoms with Crippen molar-refractivity contribution in [3.05, 3.63) is 23.0 Å². The van der Waals surface area contributed by atoms with Crippen LogP contribution < -0.4 is 4.90 Å². The molecule has 0 aliphatic carbocycles. The lowest BCUT2D eigenvalue weighted by Crippen LogP contribution is -2.52. The first kappa shape index (κ1) is 17.1. The van der Waals surface area contributed by atoms with Gasteiger partial charge in [0.25, 0.3) is 10.2 Å². The highest BCUT2D eigenvalue weighted by Gasteiger charge is 2.29. The van der Waals surface area contributed by atoms with E-state index in [1.54, 1.807) is 14.1 Å². The molecule has 132 valence electrons. The Labute approximate surface area is 142 Å². The summed E-state index contributed by atoms with van der Waals surface area (Å²) < 4.78 is 29.2. The fraction of sp³-hybridized carbons (Fsp3) is 0.600. The van der Waals surface area contributed by atoms with Crippen LogP contribution in [0.1, 0.15) is 17.0 Å². The number of rotatable bonds is 3. The summed E-state index contributed by atoms with van der Waals surface area (Å²) in [5.41, 5.74) is 3.84. The minimum Gasteiger partial charge on any atom is -0.354 e. The van der Waals surface area contributed by atoms with Gasteiger partial charge in [-0.25, -0.2) is 4.98 Å². The summed E-state index contributed by atoms with van der Waals surface area (Å²) in [6.07, 6.45) is 0. The van der Waals surface area contributed by atoms with Crippen molar-refractivity contribution in [2.45, 2.75) is 20.8 Å². The van der Waals surface area contributed by atoms with Gasteiger partial charge in [-0.1, -0.05) is 0 Å². The minimum absolute atomic E-state index is 0.461. The molecule has 8 nitrogen and oxygen atoms in total. The Morgan fingerprint density at radius 2 is 1.71 bits per heavy atom. The second-order valence-electron chi connectivity index (χ2n) is 6.38. The first-order valence-corrected chi connectivity index (χ1v) is 9.37. The molecule has 1 fully saturated rings. The van der Waals surface area contributed by atoms with Crippen molar-refractivity contribution in [3.63, 3.8) is 0 Å². The van der Waals surface area contributed by atoms with Gasteiger partial charge in [0, 0.05) is 57.6 Å². The Bertz CT molecular complexity index is 866. The van der Waals surface area contributed by atoms with Crippen LogP contribution in [0.15, 0.2) is 6.07 Å². The SMILES string of the molecule is Cc1cc(N2CCN(S(=O)(=O)N(C)C)CC2)n2nc(C)c(C)c2n1. The van der Waals surface area contributed by atoms with Crippen LogP contribution in [-0.4, -0.2) is 71.9 Å². The molecule has 0 saturated carbocycles. The number of fused-ring (bicyclic) bond motifs is 1. The molecule has 3 rings (SSSR count). The Morgan fingerprint density at radius 3 is 2.29 bits per heavy atom. The molecule has 0 aromatic carbocycles. The van der Waals surface area contributed by atoms with E-state index in [0.717, 1.165) is 28.4 Å². The van der Waals surface area contributed by atoms with E-state index >= 15 is 0 Å². The molecule has 0 amide bonds. The Balaban J connectivity index is 1.90. The van der Waals surface area contributed by atoms with E-state index in [-0.39, 0.29) is 0 Å². The zero-order chi connectivity index (χ0) is 17.6. The van der Waals surface area contributed by atoms with Crippen molar-refractivity contribution in [1.29, 1.82) is 0 Å². The largest absolute Gasteiger partial charge is 0.354 e. The van der Waals surface area contributed by atoms with Crippen molar-refractivity contribution < 1.29 is 8.42 Å². The molecule has 2 aromatic rings. The molecule has 0 bridgehead atoms. The Morgan fingerprint density at radius 1 is 1.08 bits per heavy atom. The van der Waals surface area contributed by atoms with Gasteiger partial charge in [-0.15, -0.1) is 0 Å². The summed E-state index contributed by atoms with van der Waals surface area (Å²) >= 11 is 0. The van der Waals surface area contributed by atoms with Crippen molar-refractivity contribution in [1.82, 2.24) is 23.2 Å². The summed E-state index contributed by atoms with van der Waals surface area (Å²) in [5.74, 6) is 0.968. The lowest BCUT2D eigenvalue weighted by molar-refractivity contribution is 0.354. The monoisotopic (exact) mass is 352 g/mol. The predicted octanol–water partition coefficient (Wildman–Crippen LogP) is 0.583. The normalized spacial score (nSPS) is 17.2. The second-order valence-corrected chi connectivity index (χ2v) is 8.52. The van der Waals surface area contributed by atoms with Gasteiger partial charge in [0.1, 0.15) is 5.82 Å². The zero-order valence-corrected chi connectivity index (χ0v) is 15.6. The molecule has 0 spiro atoms. The average Bonchev–Trinajstić information content (AvgIpc) is 2.82. The maximum atomic E-state index is 12.2. The predicted molar refractivity (Wildman–Crippen MR) is 93.6 cm³/mol. The molecule has 1 saturated heterocycles. The standard InChI is InChI=1S/C15H24N6O2S/c1-11-10-14(21-15(16-11)12(2)13(3)17-21)19-6-8-20(9-7-19)24(22,23)18(4)5/h10H,6-9H2,1-5H3. The molecule has 0 N–H and O–H groups in total. The van der Waals surface area contributed by atoms with Gasteiger partial charge in [-0.2, -0.15) is 26.6 Å². The molecule has 0 radical (unpaired) electrons. The van der Waals surface area contributed by atoms with Crippen LogP contribution in [0.3, 0.4) is 0 Å². The van der Waals surface area contributed by atoms with Gasteiger partial charge in [0.2, 0.25) is 0 Å². The van der Waals surface area contributed by atoms with E-state index in [9.17, 15) is 8.42 Å². The smallest absolute Gasteiger partial charge is 0.281 e. The quantitative estimate of drug-likeness (QED) is 0.808. The molecule has 1 aliphatic heterocycles. The average molecular weight is 352 g/mol. The molecule has 3 heterocycles. The number of aromatic nitrogens is 3. The Hall–Kier alpha value is -1.71. The minimum atomic E-state index is -3.35. The van der Waals surface area contributed by atoms with Gasteiger partial charge in [0.05, 0.1) is 5.69 Å². The summed E-state index contributed by atoms with van der Waals surface area (Å²) in [5, 5.41) is 4.60. The van der Waals surface area contributed by atoms with Crippen LogP contribution in [0.25, 0.3) is 5.65 Å². The Kier molecular flexibility index (Phi) is 4.27. The van der Waals surface area contributed by atoms with Crippen LogP contribution in [0.5, 0.6) is 0 Å². The molecule has 9 heteroatoms. The summed E-state index contributed by atoms with van der Waals surface area (Å²) in [4.78, 5) is 6.77. The fourth-order valence-electron chi connectivity index (χ4n) is 2.94. The van der Waals surface area contributed by atoms with Gasteiger partial charge < -0.3 is 4.90 Å². The van der Waals surface area contributed by atoms with Gasteiger partial charge in [-0.05, 0) is 20.8 Å². The number of hydrogen-bond acceptors (Lipinski definition) is 5. The van der Waals surface area contributed by atoms with E-state index in [4.69, 9.17) is 0 Å². The van der Waals surface area contributed by atoms with Gasteiger partial charge in [0.15, 0.2) is 5.65 Å². The third-order valence-corrected chi connectivity index (χ3v) is 6.46. The van der Waals surface area contributed by atoms with E-state index in [1.165, 1.54) is 8.61 Å². The number of hydrogen-bond donors (Lipinski definition) is 0. The third-order valence-electron chi connectivity index (χ3n) is 4.52. The number of anilines is 1. The van der Waals surface area contributed by atoms with Gasteiger partial charge in [-0.3, -0.25) is 0 Å². The first-order valence-electron chi connectivity index (χ1n) is 7.98. The highest BCUT2D eigenvalue weighted by Crippen LogP contribution is 2.23. The molecular formula is C15H24N6O2S. The molecule has 1 aliphatic rings. The van der Waals surface area contributed by atoms with E-state index in [2.05, 4.69) is 15.0 Å². The molecule has 0 atom stereocenters. The first-order chi connectivity index (χ1) is 11.2. The van der Waals surface area contributed by atoms with Crippen molar-refractivity contribution in [2.75, 3.05) is 45.2 Å². The molecule has 0 unspecified atom stereocenters. The van der Waals surface area contributed by atoms with E-state index < -0.39 is 10.2 Å². The highest BCUT2D eigenvalue weighted by molar-refractivity contribution is 7.86. The van der Waals surface area contributed by atoms with Gasteiger partial charge >= 0.3 is 0 Å². The molecular weight excluding hydrogens is 328 g/mol. The topological polar surface area (TPSA) is 74.1 Å². The van der Waals surface area contributed by atoms with Crippen LogP contribution in [0.2, 0.25) is 0 Å². The number of nitrogens with zero attached hydrogens (tertiary/aromatic N) is 6. The van der Waals surface area contributed by atoms with E-state index in [0.29, 0.717) is 26.2 Å². The highest BCUT2D eigenvalue weighted by atomic mass is 32.2. The lowest BCUT2D eigenvalue weighted by Gasteiger charge is -2.36. The van der Waals surface area contributed by atoms with Crippen molar-refractivity contribution in [2.24, 2.45) is 0 Å². The summed E-state index contributed by atoms with van der Waals surface area (Å²) in [7, 11) is -0.229. The summed E-state index contributed by atoms with van der Waals surface area (Å²) in [6, 6.07) is 2.01. The zero-order valence-electron chi connectivity index (χ0n) is 14.8. The third kappa shape index (κ3) is 2.76. The van der Waals surface area contributed by atoms with Crippen LogP contribution >= 0.6 is 0 Å². The number of piperazine rings is 1. The van der Waals surface area contributed by atoms with Crippen LogP contribution in [0.4, 0.5) is 5.82 Å². The van der Waals surface area contributed by atoms with Crippen LogP contribution in [0, 0.1) is 20.8 Å². The summed E-state index contributed by atoms with van der Waals surface area (Å²) in [6.45, 7) is 8.15. The molecule has 24 heavy (non-hydrogen) atoms. The number of aryl methyl sites for hydroxylation is 3. The lowest BCUT2D eigenvalue weighted by atomic mass is 10.3. The maximum Gasteiger partial charge on any atom is 0.281 e. The van der Waals surface area contributed by atoms with Crippen molar-refractivity contribution in [3.8, 4) is 0 Å². The second kappa shape index (κ2) is 5.98. The van der Waals surface area contributed by atoms with Crippen LogP contribution in [-0.2, 0) is 10.2 Å². The van der Waals surface area contributed by atoms with Crippen molar-refractivity contribution >= 4 is 21.7 Å². The fourth-order valence-corrected chi connectivity index (χ4v) is 4.02. The maximum absolute atomic E-state index is 12.2. The molecule has 2 aromatic heterocycles.